The molecule has 1 aromatic heterocycles. The predicted molar refractivity (Wildman–Crippen MR) is 48.3 cm³/mol. The normalized spacial score (nSPS) is 16.1. The standard InChI is InChI=1S/C8H8ClNS/c9-7-4-3-6-2-1-5-11-8(6)10-7/h3-4H,1-2,5H2. The molecule has 1 aromatic rings. The number of aromatic nitrogens is 1. The molecule has 2 heterocycles. The molecule has 0 bridgehead atoms. The van der Waals surface area contributed by atoms with Crippen LogP contribution in [0.5, 0.6) is 0 Å². The van der Waals surface area contributed by atoms with Gasteiger partial charge in [-0.25, -0.2) is 4.98 Å². The summed E-state index contributed by atoms with van der Waals surface area (Å²) in [5.74, 6) is 1.18. The van der Waals surface area contributed by atoms with Gasteiger partial charge in [-0.1, -0.05) is 17.7 Å². The number of rotatable bonds is 0. The number of thioether (sulfide) groups is 1. The molecule has 0 spiro atoms. The molecular weight excluding hydrogens is 178 g/mol. The lowest BCUT2D eigenvalue weighted by atomic mass is 10.2. The molecule has 0 saturated heterocycles. The van der Waals surface area contributed by atoms with E-state index in [1.165, 1.54) is 17.7 Å². The maximum absolute atomic E-state index is 5.75. The second kappa shape index (κ2) is 3.03. The van der Waals surface area contributed by atoms with E-state index < -0.39 is 0 Å². The van der Waals surface area contributed by atoms with Gasteiger partial charge in [-0.05, 0) is 30.2 Å². The second-order valence-corrected chi connectivity index (χ2v) is 4.02. The van der Waals surface area contributed by atoms with Gasteiger partial charge >= 0.3 is 0 Å². The third kappa shape index (κ3) is 1.52. The van der Waals surface area contributed by atoms with E-state index in [2.05, 4.69) is 11.1 Å². The molecular formula is C8H8ClNS. The summed E-state index contributed by atoms with van der Waals surface area (Å²) in [6.45, 7) is 0. The number of pyridine rings is 1. The number of aryl methyl sites for hydroxylation is 1. The maximum Gasteiger partial charge on any atom is 0.130 e. The molecule has 0 unspecified atom stereocenters. The average Bonchev–Trinajstić information content (AvgIpc) is 2.04. The fourth-order valence-corrected chi connectivity index (χ4v) is 2.39. The largest absolute Gasteiger partial charge is 0.230 e. The zero-order chi connectivity index (χ0) is 7.68. The topological polar surface area (TPSA) is 12.9 Å². The van der Waals surface area contributed by atoms with Gasteiger partial charge < -0.3 is 0 Å². The molecule has 0 atom stereocenters. The van der Waals surface area contributed by atoms with Crippen LogP contribution in [0.4, 0.5) is 0 Å². The van der Waals surface area contributed by atoms with E-state index in [0.717, 1.165) is 11.4 Å². The van der Waals surface area contributed by atoms with Gasteiger partial charge in [0.2, 0.25) is 0 Å². The summed E-state index contributed by atoms with van der Waals surface area (Å²) in [5, 5.41) is 1.74. The summed E-state index contributed by atoms with van der Waals surface area (Å²) in [6, 6.07) is 3.95. The summed E-state index contributed by atoms with van der Waals surface area (Å²) in [6.07, 6.45) is 2.42. The quantitative estimate of drug-likeness (QED) is 0.577. The number of hydrogen-bond acceptors (Lipinski definition) is 2. The first-order valence-corrected chi connectivity index (χ1v) is 5.01. The van der Waals surface area contributed by atoms with E-state index in [0.29, 0.717) is 5.15 Å². The van der Waals surface area contributed by atoms with Crippen molar-refractivity contribution in [2.24, 2.45) is 0 Å². The highest BCUT2D eigenvalue weighted by Crippen LogP contribution is 2.28. The lowest BCUT2D eigenvalue weighted by Crippen LogP contribution is -1.99. The summed E-state index contributed by atoms with van der Waals surface area (Å²) in [5.41, 5.74) is 1.35. The van der Waals surface area contributed by atoms with E-state index in [4.69, 9.17) is 11.6 Å². The van der Waals surface area contributed by atoms with Crippen LogP contribution >= 0.6 is 23.4 Å². The zero-order valence-electron chi connectivity index (χ0n) is 6.01. The third-order valence-corrected chi connectivity index (χ3v) is 3.06. The van der Waals surface area contributed by atoms with Gasteiger partial charge in [0.05, 0.1) is 0 Å². The van der Waals surface area contributed by atoms with Crippen molar-refractivity contribution in [3.8, 4) is 0 Å². The van der Waals surface area contributed by atoms with Gasteiger partial charge in [-0.2, -0.15) is 0 Å². The van der Waals surface area contributed by atoms with Crippen molar-refractivity contribution in [3.63, 3.8) is 0 Å². The summed E-state index contributed by atoms with van der Waals surface area (Å²) < 4.78 is 0. The Kier molecular flexibility index (Phi) is 2.05. The van der Waals surface area contributed by atoms with Crippen molar-refractivity contribution in [2.75, 3.05) is 5.75 Å². The maximum atomic E-state index is 5.75. The van der Waals surface area contributed by atoms with Crippen molar-refractivity contribution < 1.29 is 0 Å². The lowest BCUT2D eigenvalue weighted by molar-refractivity contribution is 0.858. The summed E-state index contributed by atoms with van der Waals surface area (Å²) in [4.78, 5) is 4.24. The van der Waals surface area contributed by atoms with Gasteiger partial charge in [0.1, 0.15) is 10.2 Å². The van der Waals surface area contributed by atoms with Gasteiger partial charge in [-0.15, -0.1) is 11.8 Å². The molecule has 3 heteroatoms. The smallest absolute Gasteiger partial charge is 0.130 e. The average molecular weight is 186 g/mol. The second-order valence-electron chi connectivity index (χ2n) is 2.55. The number of halogens is 1. The number of fused-ring (bicyclic) bond motifs is 1. The first-order valence-electron chi connectivity index (χ1n) is 3.64. The van der Waals surface area contributed by atoms with Crippen LogP contribution in [0.1, 0.15) is 12.0 Å². The first kappa shape index (κ1) is 7.44. The van der Waals surface area contributed by atoms with E-state index >= 15 is 0 Å². The van der Waals surface area contributed by atoms with Gasteiger partial charge in [0, 0.05) is 0 Å². The Morgan fingerprint density at radius 2 is 2.36 bits per heavy atom. The Hall–Kier alpha value is -0.210. The monoisotopic (exact) mass is 185 g/mol. The molecule has 0 radical (unpaired) electrons. The molecule has 1 aliphatic heterocycles. The minimum Gasteiger partial charge on any atom is -0.230 e. The summed E-state index contributed by atoms with van der Waals surface area (Å²) in [7, 11) is 0. The van der Waals surface area contributed by atoms with Crippen molar-refractivity contribution in [1.82, 2.24) is 4.98 Å². The fraction of sp³-hybridized carbons (Fsp3) is 0.375. The first-order chi connectivity index (χ1) is 5.36. The van der Waals surface area contributed by atoms with Crippen LogP contribution in [-0.4, -0.2) is 10.7 Å². The molecule has 0 fully saturated rings. The highest BCUT2D eigenvalue weighted by atomic mass is 35.5. The molecule has 0 saturated carbocycles. The molecule has 0 aliphatic carbocycles. The van der Waals surface area contributed by atoms with E-state index in [-0.39, 0.29) is 0 Å². The minimum absolute atomic E-state index is 0.609. The van der Waals surface area contributed by atoms with Crippen molar-refractivity contribution in [2.45, 2.75) is 17.9 Å². The molecule has 0 amide bonds. The molecule has 11 heavy (non-hydrogen) atoms. The van der Waals surface area contributed by atoms with E-state index in [9.17, 15) is 0 Å². The number of nitrogens with zero attached hydrogens (tertiary/aromatic N) is 1. The zero-order valence-corrected chi connectivity index (χ0v) is 7.58. The molecule has 2 rings (SSSR count). The van der Waals surface area contributed by atoms with Crippen LogP contribution in [0.25, 0.3) is 0 Å². The fourth-order valence-electron chi connectivity index (χ4n) is 1.19. The Balaban J connectivity index is 2.43. The third-order valence-electron chi connectivity index (χ3n) is 1.73. The van der Waals surface area contributed by atoms with Crippen LogP contribution in [0.2, 0.25) is 5.15 Å². The van der Waals surface area contributed by atoms with Gasteiger partial charge in [0.15, 0.2) is 0 Å². The Labute approximate surface area is 75.2 Å². The van der Waals surface area contributed by atoms with Crippen LogP contribution < -0.4 is 0 Å². The molecule has 1 aliphatic rings. The summed E-state index contributed by atoms with van der Waals surface area (Å²) >= 11 is 7.56. The van der Waals surface area contributed by atoms with Crippen molar-refractivity contribution in [3.05, 3.63) is 22.8 Å². The van der Waals surface area contributed by atoms with Crippen LogP contribution in [0, 0.1) is 0 Å². The van der Waals surface area contributed by atoms with Crippen molar-refractivity contribution in [1.29, 1.82) is 0 Å². The minimum atomic E-state index is 0.609. The Bertz CT molecular complexity index is 275. The van der Waals surface area contributed by atoms with E-state index in [1.54, 1.807) is 0 Å². The highest BCUT2D eigenvalue weighted by molar-refractivity contribution is 7.99. The molecule has 58 valence electrons. The van der Waals surface area contributed by atoms with Crippen LogP contribution in [0.15, 0.2) is 17.2 Å². The van der Waals surface area contributed by atoms with E-state index in [1.807, 2.05) is 17.8 Å². The SMILES string of the molecule is Clc1ccc2c(n1)SCCC2. The van der Waals surface area contributed by atoms with Crippen LogP contribution in [-0.2, 0) is 6.42 Å². The predicted octanol–water partition coefficient (Wildman–Crippen LogP) is 2.77. The Morgan fingerprint density at radius 1 is 1.45 bits per heavy atom. The molecule has 1 nitrogen and oxygen atoms in total. The van der Waals surface area contributed by atoms with Gasteiger partial charge in [-0.3, -0.25) is 0 Å². The van der Waals surface area contributed by atoms with Crippen molar-refractivity contribution >= 4 is 23.4 Å². The van der Waals surface area contributed by atoms with Gasteiger partial charge in [0.25, 0.3) is 0 Å². The van der Waals surface area contributed by atoms with Crippen LogP contribution in [0.3, 0.4) is 0 Å². The Morgan fingerprint density at radius 3 is 3.27 bits per heavy atom. The lowest BCUT2D eigenvalue weighted by Gasteiger charge is -2.12. The number of hydrogen-bond donors (Lipinski definition) is 0. The molecule has 0 N–H and O–H groups in total. The molecule has 0 aromatic carbocycles. The highest BCUT2D eigenvalue weighted by Gasteiger charge is 2.10.